The van der Waals surface area contributed by atoms with Crippen LogP contribution in [0.3, 0.4) is 0 Å². The first-order chi connectivity index (χ1) is 9.54. The van der Waals surface area contributed by atoms with Crippen molar-refractivity contribution < 1.29 is 18.0 Å². The summed E-state index contributed by atoms with van der Waals surface area (Å²) >= 11 is 0. The summed E-state index contributed by atoms with van der Waals surface area (Å²) in [5.41, 5.74) is 2.47. The van der Waals surface area contributed by atoms with Crippen LogP contribution in [-0.4, -0.2) is 43.1 Å². The second kappa shape index (κ2) is 6.87. The van der Waals surface area contributed by atoms with E-state index >= 15 is 0 Å². The highest BCUT2D eigenvalue weighted by atomic mass is 32.2. The molecule has 1 N–H and O–H groups in total. The van der Waals surface area contributed by atoms with E-state index in [1.165, 1.54) is 4.31 Å². The van der Waals surface area contributed by atoms with Gasteiger partial charge in [0, 0.05) is 6.54 Å². The van der Waals surface area contributed by atoms with Crippen LogP contribution in [0.2, 0.25) is 0 Å². The van der Waals surface area contributed by atoms with Gasteiger partial charge in [0.05, 0.1) is 11.9 Å². The number of rotatable bonds is 6. The second-order valence-electron chi connectivity index (χ2n) is 5.58. The predicted molar refractivity (Wildman–Crippen MR) is 75.3 cm³/mol. The zero-order valence-corrected chi connectivity index (χ0v) is 12.8. The van der Waals surface area contributed by atoms with Crippen LogP contribution >= 0.6 is 0 Å². The molecule has 0 aromatic carbocycles. The van der Waals surface area contributed by atoms with Gasteiger partial charge in [-0.15, -0.1) is 0 Å². The SMILES string of the molecule is CCCS(=O)(=O)N1CCCC1C(=O)NOC1CCCC1. The van der Waals surface area contributed by atoms with Crippen molar-refractivity contribution in [2.75, 3.05) is 12.3 Å². The van der Waals surface area contributed by atoms with Gasteiger partial charge < -0.3 is 0 Å². The normalized spacial score (nSPS) is 25.1. The lowest BCUT2D eigenvalue weighted by Crippen LogP contribution is -2.47. The summed E-state index contributed by atoms with van der Waals surface area (Å²) in [6.45, 7) is 2.26. The van der Waals surface area contributed by atoms with Gasteiger partial charge in [-0.3, -0.25) is 9.63 Å². The maximum absolute atomic E-state index is 12.1. The molecule has 0 aromatic heterocycles. The lowest BCUT2D eigenvalue weighted by molar-refractivity contribution is -0.141. The van der Waals surface area contributed by atoms with Crippen molar-refractivity contribution in [3.63, 3.8) is 0 Å². The molecule has 1 aliphatic heterocycles. The van der Waals surface area contributed by atoms with E-state index in [2.05, 4.69) is 5.48 Å². The molecule has 2 fully saturated rings. The van der Waals surface area contributed by atoms with Gasteiger partial charge in [0.2, 0.25) is 10.0 Å². The molecule has 2 aliphatic rings. The van der Waals surface area contributed by atoms with Crippen LogP contribution in [0.25, 0.3) is 0 Å². The largest absolute Gasteiger partial charge is 0.271 e. The van der Waals surface area contributed by atoms with Crippen LogP contribution in [0.4, 0.5) is 0 Å². The second-order valence-corrected chi connectivity index (χ2v) is 7.62. The molecule has 0 spiro atoms. The van der Waals surface area contributed by atoms with Crippen molar-refractivity contribution in [1.82, 2.24) is 9.79 Å². The zero-order chi connectivity index (χ0) is 14.6. The van der Waals surface area contributed by atoms with E-state index in [-0.39, 0.29) is 17.8 Å². The molecule has 0 bridgehead atoms. The maximum Gasteiger partial charge on any atom is 0.261 e. The molecule has 20 heavy (non-hydrogen) atoms. The van der Waals surface area contributed by atoms with Gasteiger partial charge in [-0.1, -0.05) is 19.8 Å². The number of hydroxylamine groups is 1. The van der Waals surface area contributed by atoms with Crippen molar-refractivity contribution in [1.29, 1.82) is 0 Å². The van der Waals surface area contributed by atoms with E-state index in [1.54, 1.807) is 0 Å². The molecule has 1 atom stereocenters. The minimum atomic E-state index is -3.32. The molecule has 2 rings (SSSR count). The molecule has 1 aliphatic carbocycles. The summed E-state index contributed by atoms with van der Waals surface area (Å²) in [4.78, 5) is 17.5. The fourth-order valence-corrected chi connectivity index (χ4v) is 4.67. The summed E-state index contributed by atoms with van der Waals surface area (Å²) in [5.74, 6) is -0.227. The number of hydrogen-bond donors (Lipinski definition) is 1. The fraction of sp³-hybridized carbons (Fsp3) is 0.923. The first kappa shape index (κ1) is 15.7. The molecule has 0 aromatic rings. The van der Waals surface area contributed by atoms with Crippen LogP contribution in [0.1, 0.15) is 51.9 Å². The lowest BCUT2D eigenvalue weighted by Gasteiger charge is -2.23. The topological polar surface area (TPSA) is 75.7 Å². The van der Waals surface area contributed by atoms with Crippen LogP contribution in [0, 0.1) is 0 Å². The average molecular weight is 304 g/mol. The highest BCUT2D eigenvalue weighted by Gasteiger charge is 2.38. The Balaban J connectivity index is 1.90. The van der Waals surface area contributed by atoms with Crippen molar-refractivity contribution in [3.8, 4) is 0 Å². The third-order valence-corrected chi connectivity index (χ3v) is 6.03. The third-order valence-electron chi connectivity index (χ3n) is 3.95. The van der Waals surface area contributed by atoms with Gasteiger partial charge in [-0.2, -0.15) is 4.31 Å². The van der Waals surface area contributed by atoms with E-state index in [4.69, 9.17) is 4.84 Å². The van der Waals surface area contributed by atoms with Crippen molar-refractivity contribution in [3.05, 3.63) is 0 Å². The summed E-state index contributed by atoms with van der Waals surface area (Å²) in [7, 11) is -3.32. The number of nitrogens with zero attached hydrogens (tertiary/aromatic N) is 1. The number of amides is 1. The Morgan fingerprint density at radius 2 is 1.95 bits per heavy atom. The smallest absolute Gasteiger partial charge is 0.261 e. The maximum atomic E-state index is 12.1. The predicted octanol–water partition coefficient (Wildman–Crippen LogP) is 1.18. The highest BCUT2D eigenvalue weighted by molar-refractivity contribution is 7.89. The van der Waals surface area contributed by atoms with Gasteiger partial charge in [-0.25, -0.2) is 13.9 Å². The van der Waals surface area contributed by atoms with E-state index < -0.39 is 16.1 Å². The number of sulfonamides is 1. The number of nitrogens with one attached hydrogen (secondary N) is 1. The molecule has 1 unspecified atom stereocenters. The van der Waals surface area contributed by atoms with Gasteiger partial charge >= 0.3 is 0 Å². The number of carbonyl (C=O) groups is 1. The standard InChI is InChI=1S/C13H24N2O4S/c1-2-10-20(17,18)15-9-5-8-12(15)13(16)14-19-11-6-3-4-7-11/h11-12H,2-10H2,1H3,(H,14,16). The molecule has 1 amide bonds. The van der Waals surface area contributed by atoms with Crippen molar-refractivity contribution in [2.24, 2.45) is 0 Å². The van der Waals surface area contributed by atoms with Gasteiger partial charge in [-0.05, 0) is 32.1 Å². The summed E-state index contributed by atoms with van der Waals surface area (Å²) in [5, 5.41) is 0. The minimum absolute atomic E-state index is 0.0843. The van der Waals surface area contributed by atoms with Crippen molar-refractivity contribution in [2.45, 2.75) is 64.0 Å². The summed E-state index contributed by atoms with van der Waals surface area (Å²) in [6.07, 6.45) is 6.12. The highest BCUT2D eigenvalue weighted by Crippen LogP contribution is 2.23. The minimum Gasteiger partial charge on any atom is -0.271 e. The zero-order valence-electron chi connectivity index (χ0n) is 12.0. The molecule has 1 saturated heterocycles. The summed E-state index contributed by atoms with van der Waals surface area (Å²) in [6, 6.07) is -0.604. The van der Waals surface area contributed by atoms with Crippen LogP contribution in [0.15, 0.2) is 0 Å². The van der Waals surface area contributed by atoms with Crippen molar-refractivity contribution >= 4 is 15.9 Å². The fourth-order valence-electron chi connectivity index (χ4n) is 2.93. The van der Waals surface area contributed by atoms with Crippen LogP contribution < -0.4 is 5.48 Å². The monoisotopic (exact) mass is 304 g/mol. The van der Waals surface area contributed by atoms with Gasteiger partial charge in [0.15, 0.2) is 0 Å². The average Bonchev–Trinajstić information content (AvgIpc) is 3.07. The van der Waals surface area contributed by atoms with Crippen LogP contribution in [0.5, 0.6) is 0 Å². The quantitative estimate of drug-likeness (QED) is 0.748. The number of carbonyl (C=O) groups excluding carboxylic acids is 1. The van der Waals surface area contributed by atoms with E-state index in [1.807, 2.05) is 6.92 Å². The first-order valence-corrected chi connectivity index (χ1v) is 9.10. The van der Waals surface area contributed by atoms with E-state index in [9.17, 15) is 13.2 Å². The molecule has 6 nitrogen and oxygen atoms in total. The first-order valence-electron chi connectivity index (χ1n) is 7.49. The summed E-state index contributed by atoms with van der Waals surface area (Å²) < 4.78 is 25.6. The molecule has 1 heterocycles. The van der Waals surface area contributed by atoms with E-state index in [0.29, 0.717) is 19.4 Å². The Labute approximate surface area is 120 Å². The Morgan fingerprint density at radius 1 is 1.25 bits per heavy atom. The molecule has 116 valence electrons. The Kier molecular flexibility index (Phi) is 5.40. The molecular weight excluding hydrogens is 280 g/mol. The third kappa shape index (κ3) is 3.71. The van der Waals surface area contributed by atoms with E-state index in [0.717, 1.165) is 32.1 Å². The Bertz CT molecular complexity index is 432. The van der Waals surface area contributed by atoms with Gasteiger partial charge in [0.1, 0.15) is 6.04 Å². The Hall–Kier alpha value is -0.660. The lowest BCUT2D eigenvalue weighted by atomic mass is 10.2. The van der Waals surface area contributed by atoms with Gasteiger partial charge in [0.25, 0.3) is 5.91 Å². The van der Waals surface area contributed by atoms with Crippen LogP contribution in [-0.2, 0) is 19.7 Å². The molecule has 1 saturated carbocycles. The Morgan fingerprint density at radius 3 is 2.60 bits per heavy atom. The molecule has 0 radical (unpaired) electrons. The molecular formula is C13H24N2O4S. The molecule has 7 heteroatoms. The number of hydrogen-bond acceptors (Lipinski definition) is 4.